The number of halogens is 2. The third-order valence-electron chi connectivity index (χ3n) is 2.06. The first-order chi connectivity index (χ1) is 6.49. The Hall–Kier alpha value is -0.970. The van der Waals surface area contributed by atoms with Crippen LogP contribution in [-0.4, -0.2) is 4.92 Å². The predicted molar refractivity (Wildman–Crippen MR) is 54.9 cm³/mol. The lowest BCUT2D eigenvalue weighted by molar-refractivity contribution is -0.388. The molecule has 14 heavy (non-hydrogen) atoms. The minimum atomic E-state index is -0.794. The molecule has 3 nitrogen and oxygen atoms in total. The first kappa shape index (κ1) is 11.1. The second-order valence-corrected chi connectivity index (χ2v) is 3.78. The van der Waals surface area contributed by atoms with Crippen molar-refractivity contribution >= 4 is 21.6 Å². The van der Waals surface area contributed by atoms with Gasteiger partial charge in [0, 0.05) is 5.56 Å². The molecule has 76 valence electrons. The van der Waals surface area contributed by atoms with Crippen LogP contribution in [0.15, 0.2) is 10.5 Å². The Bertz CT molecular complexity index is 393. The number of nitro groups is 1. The molecule has 1 rings (SSSR count). The highest BCUT2D eigenvalue weighted by atomic mass is 79.9. The minimum absolute atomic E-state index is 0.138. The van der Waals surface area contributed by atoms with E-state index in [0.29, 0.717) is 12.0 Å². The quantitative estimate of drug-likeness (QED) is 0.605. The number of benzene rings is 1. The van der Waals surface area contributed by atoms with Crippen molar-refractivity contribution in [2.45, 2.75) is 20.3 Å². The van der Waals surface area contributed by atoms with Crippen molar-refractivity contribution in [3.05, 3.63) is 37.6 Å². The lowest BCUT2D eigenvalue weighted by atomic mass is 10.0. The Balaban J connectivity index is 3.56. The van der Waals surface area contributed by atoms with E-state index in [1.54, 1.807) is 19.9 Å². The molecule has 0 aliphatic heterocycles. The SMILES string of the molecule is CCc1c(C)cc(Br)c(F)c1[N+](=O)[O-]. The zero-order valence-corrected chi connectivity index (χ0v) is 9.39. The average molecular weight is 262 g/mol. The summed E-state index contributed by atoms with van der Waals surface area (Å²) in [4.78, 5) is 9.98. The minimum Gasteiger partial charge on any atom is -0.258 e. The molecular formula is C9H9BrFNO2. The molecule has 0 spiro atoms. The highest BCUT2D eigenvalue weighted by Gasteiger charge is 2.23. The number of hydrogen-bond donors (Lipinski definition) is 0. The molecule has 0 saturated heterocycles. The van der Waals surface area contributed by atoms with Crippen molar-refractivity contribution in [2.24, 2.45) is 0 Å². The average Bonchev–Trinajstić information content (AvgIpc) is 2.10. The van der Waals surface area contributed by atoms with Gasteiger partial charge < -0.3 is 0 Å². The first-order valence-corrected chi connectivity index (χ1v) is 4.90. The van der Waals surface area contributed by atoms with E-state index >= 15 is 0 Å². The zero-order valence-electron chi connectivity index (χ0n) is 7.80. The molecule has 0 bridgehead atoms. The van der Waals surface area contributed by atoms with Gasteiger partial charge in [-0.05, 0) is 40.9 Å². The zero-order chi connectivity index (χ0) is 10.9. The Morgan fingerprint density at radius 2 is 2.21 bits per heavy atom. The number of rotatable bonds is 2. The van der Waals surface area contributed by atoms with Crippen LogP contribution in [0.3, 0.4) is 0 Å². The summed E-state index contributed by atoms with van der Waals surface area (Å²) >= 11 is 2.95. The van der Waals surface area contributed by atoms with Crippen molar-refractivity contribution in [2.75, 3.05) is 0 Å². The second-order valence-electron chi connectivity index (χ2n) is 2.93. The number of nitro benzene ring substituents is 1. The second kappa shape index (κ2) is 4.04. The normalized spacial score (nSPS) is 10.3. The van der Waals surface area contributed by atoms with Crippen molar-refractivity contribution in [1.82, 2.24) is 0 Å². The predicted octanol–water partition coefficient (Wildman–Crippen LogP) is 3.37. The molecule has 1 aromatic rings. The molecule has 0 atom stereocenters. The van der Waals surface area contributed by atoms with Crippen LogP contribution in [0.1, 0.15) is 18.1 Å². The summed E-state index contributed by atoms with van der Waals surface area (Å²) in [5.74, 6) is -0.794. The molecule has 0 N–H and O–H groups in total. The summed E-state index contributed by atoms with van der Waals surface area (Å²) in [5, 5.41) is 10.7. The summed E-state index contributed by atoms with van der Waals surface area (Å²) in [6, 6.07) is 1.56. The molecule has 0 aliphatic rings. The van der Waals surface area contributed by atoms with Crippen LogP contribution in [0.5, 0.6) is 0 Å². The van der Waals surface area contributed by atoms with E-state index in [0.717, 1.165) is 5.56 Å². The first-order valence-electron chi connectivity index (χ1n) is 4.10. The van der Waals surface area contributed by atoms with Crippen LogP contribution < -0.4 is 0 Å². The lowest BCUT2D eigenvalue weighted by Gasteiger charge is -2.06. The fourth-order valence-corrected chi connectivity index (χ4v) is 1.94. The molecule has 0 fully saturated rings. The molecule has 0 amide bonds. The summed E-state index contributed by atoms with van der Waals surface area (Å²) < 4.78 is 13.5. The molecule has 0 aromatic heterocycles. The van der Waals surface area contributed by atoms with E-state index in [9.17, 15) is 14.5 Å². The van der Waals surface area contributed by atoms with Crippen molar-refractivity contribution in [3.8, 4) is 0 Å². The Morgan fingerprint density at radius 1 is 1.64 bits per heavy atom. The standard InChI is InChI=1S/C9H9BrFNO2/c1-3-6-5(2)4-7(10)8(11)9(6)12(13)14/h4H,3H2,1-2H3. The third-order valence-corrected chi connectivity index (χ3v) is 2.64. The number of aryl methyl sites for hydroxylation is 1. The Morgan fingerprint density at radius 3 is 2.64 bits per heavy atom. The third kappa shape index (κ3) is 1.77. The van der Waals surface area contributed by atoms with Crippen LogP contribution in [0.4, 0.5) is 10.1 Å². The maximum Gasteiger partial charge on any atom is 0.309 e. The number of hydrogen-bond acceptors (Lipinski definition) is 2. The van der Waals surface area contributed by atoms with Gasteiger partial charge in [-0.2, -0.15) is 4.39 Å². The number of nitrogens with zero attached hydrogens (tertiary/aromatic N) is 1. The molecule has 0 radical (unpaired) electrons. The Labute approximate surface area is 89.2 Å². The molecule has 0 heterocycles. The van der Waals surface area contributed by atoms with E-state index in [2.05, 4.69) is 15.9 Å². The van der Waals surface area contributed by atoms with Crippen LogP contribution in [-0.2, 0) is 6.42 Å². The van der Waals surface area contributed by atoms with E-state index in [1.807, 2.05) is 0 Å². The highest BCUT2D eigenvalue weighted by molar-refractivity contribution is 9.10. The summed E-state index contributed by atoms with van der Waals surface area (Å²) in [5.41, 5.74) is 0.766. The fraction of sp³-hybridized carbons (Fsp3) is 0.333. The van der Waals surface area contributed by atoms with Gasteiger partial charge in [0.1, 0.15) is 0 Å². The van der Waals surface area contributed by atoms with E-state index < -0.39 is 16.4 Å². The maximum absolute atomic E-state index is 13.4. The van der Waals surface area contributed by atoms with Crippen LogP contribution >= 0.6 is 15.9 Å². The lowest BCUT2D eigenvalue weighted by Crippen LogP contribution is -2.01. The van der Waals surface area contributed by atoms with Crippen LogP contribution in [0.25, 0.3) is 0 Å². The van der Waals surface area contributed by atoms with Gasteiger partial charge in [-0.25, -0.2) is 0 Å². The smallest absolute Gasteiger partial charge is 0.258 e. The van der Waals surface area contributed by atoms with Crippen LogP contribution in [0, 0.1) is 22.9 Å². The van der Waals surface area contributed by atoms with Gasteiger partial charge in [0.15, 0.2) is 0 Å². The van der Waals surface area contributed by atoms with Gasteiger partial charge in [0.2, 0.25) is 5.82 Å². The van der Waals surface area contributed by atoms with Crippen LogP contribution in [0.2, 0.25) is 0 Å². The van der Waals surface area contributed by atoms with Gasteiger partial charge in [-0.15, -0.1) is 0 Å². The van der Waals surface area contributed by atoms with Crippen molar-refractivity contribution in [1.29, 1.82) is 0 Å². The van der Waals surface area contributed by atoms with Gasteiger partial charge in [0.05, 0.1) is 9.40 Å². The van der Waals surface area contributed by atoms with Gasteiger partial charge in [0.25, 0.3) is 0 Å². The van der Waals surface area contributed by atoms with Crippen molar-refractivity contribution in [3.63, 3.8) is 0 Å². The van der Waals surface area contributed by atoms with Gasteiger partial charge >= 0.3 is 5.69 Å². The van der Waals surface area contributed by atoms with Gasteiger partial charge in [-0.1, -0.05) is 6.92 Å². The highest BCUT2D eigenvalue weighted by Crippen LogP contribution is 2.31. The molecule has 5 heteroatoms. The van der Waals surface area contributed by atoms with E-state index in [1.165, 1.54) is 0 Å². The summed E-state index contributed by atoms with van der Waals surface area (Å²) in [6.45, 7) is 3.50. The van der Waals surface area contributed by atoms with E-state index in [-0.39, 0.29) is 4.47 Å². The summed E-state index contributed by atoms with van der Waals surface area (Å²) in [6.07, 6.45) is 0.451. The van der Waals surface area contributed by atoms with E-state index in [4.69, 9.17) is 0 Å². The monoisotopic (exact) mass is 261 g/mol. The molecule has 1 aromatic carbocycles. The molecular weight excluding hydrogens is 253 g/mol. The molecule has 0 aliphatic carbocycles. The fourth-order valence-electron chi connectivity index (χ4n) is 1.41. The Kier molecular flexibility index (Phi) is 3.21. The maximum atomic E-state index is 13.4. The summed E-state index contributed by atoms with van der Waals surface area (Å²) in [7, 11) is 0. The topological polar surface area (TPSA) is 43.1 Å². The molecule has 0 saturated carbocycles. The van der Waals surface area contributed by atoms with Crippen molar-refractivity contribution < 1.29 is 9.31 Å². The van der Waals surface area contributed by atoms with Gasteiger partial charge in [-0.3, -0.25) is 10.1 Å². The largest absolute Gasteiger partial charge is 0.309 e. The molecule has 0 unspecified atom stereocenters.